The standard InChI is InChI=1S/2C14H16N4O.2C13H11N2.2Pt/c2*1-15-9-12-13(17(3)14(15)19)16(2)10-18(12)11-7-5-4-6-8-11;2*1-3-7-12(8-4-1)14-11-15-13-9-5-2-6-10-13;;/h2*4-7,10H,9H2,1-3H3;2*1-11H;;/q2*-2;2*-1;;. The van der Waals surface area contributed by atoms with Crippen molar-refractivity contribution in [3.05, 3.63) is 229 Å². The third-order valence-electron chi connectivity index (χ3n) is 10.7. The molecule has 70 heavy (non-hydrogen) atoms. The van der Waals surface area contributed by atoms with E-state index in [1.54, 1.807) is 46.4 Å². The van der Waals surface area contributed by atoms with Crippen molar-refractivity contribution in [2.24, 2.45) is 9.98 Å². The Morgan fingerprint density at radius 1 is 0.471 bits per heavy atom. The van der Waals surface area contributed by atoms with Gasteiger partial charge in [-0.15, -0.1) is 11.4 Å². The summed E-state index contributed by atoms with van der Waals surface area (Å²) in [5, 5.41) is 8.42. The second-order valence-electron chi connectivity index (χ2n) is 15.7. The smallest absolute Gasteiger partial charge is 0.325 e. The maximum Gasteiger partial charge on any atom is 0.325 e. The van der Waals surface area contributed by atoms with Gasteiger partial charge in [0.05, 0.1) is 13.1 Å². The van der Waals surface area contributed by atoms with Crippen LogP contribution in [0, 0.1) is 25.5 Å². The molecule has 0 aromatic heterocycles. The van der Waals surface area contributed by atoms with Crippen molar-refractivity contribution in [1.29, 1.82) is 0 Å². The first kappa shape index (κ1) is 53.8. The van der Waals surface area contributed by atoms with E-state index in [0.717, 1.165) is 57.2 Å². The Morgan fingerprint density at radius 2 is 0.800 bits per heavy atom. The van der Waals surface area contributed by atoms with Gasteiger partial charge in [-0.05, 0) is 36.8 Å². The number of nitrogens with zero attached hydrogens (tertiary/aromatic N) is 12. The minimum absolute atomic E-state index is 0. The fourth-order valence-corrected chi connectivity index (χ4v) is 7.51. The molecule has 0 atom stereocenters. The van der Waals surface area contributed by atoms with E-state index in [4.69, 9.17) is 0 Å². The van der Waals surface area contributed by atoms with Gasteiger partial charge in [0.1, 0.15) is 11.6 Å². The summed E-state index contributed by atoms with van der Waals surface area (Å²) in [5.74, 6) is 1.86. The molecule has 0 fully saturated rings. The molecule has 16 heteroatoms. The molecule has 6 aromatic rings. The molecule has 10 rings (SSSR count). The summed E-state index contributed by atoms with van der Waals surface area (Å²) in [6.45, 7) is 5.17. The van der Waals surface area contributed by atoms with Gasteiger partial charge in [0, 0.05) is 81.7 Å². The Hall–Kier alpha value is -7.14. The minimum atomic E-state index is 0. The van der Waals surface area contributed by atoms with Crippen LogP contribution in [0.15, 0.2) is 203 Å². The molecule has 0 bridgehead atoms. The maximum absolute atomic E-state index is 12.0. The molecular weight excluding hydrogens is 1240 g/mol. The summed E-state index contributed by atoms with van der Waals surface area (Å²) in [4.78, 5) is 47.3. The maximum atomic E-state index is 12.0. The molecule has 0 spiro atoms. The molecular formula is C54H54N12O2Pt2-6. The van der Waals surface area contributed by atoms with E-state index in [1.807, 2.05) is 221 Å². The molecule has 0 radical (unpaired) electrons. The average molecular weight is 1290 g/mol. The number of aliphatic imine (C=N–C) groups is 2. The summed E-state index contributed by atoms with van der Waals surface area (Å²) < 4.78 is 0. The van der Waals surface area contributed by atoms with Crippen molar-refractivity contribution in [3.63, 3.8) is 0 Å². The molecule has 14 nitrogen and oxygen atoms in total. The van der Waals surface area contributed by atoms with Gasteiger partial charge in [0.15, 0.2) is 0 Å². The van der Waals surface area contributed by atoms with E-state index < -0.39 is 0 Å². The number of carbonyl (C=O) groups is 2. The number of carbonyl (C=O) groups excluding carboxylic acids is 2. The van der Waals surface area contributed by atoms with Crippen LogP contribution < -0.4 is 9.80 Å². The van der Waals surface area contributed by atoms with E-state index in [9.17, 15) is 9.59 Å². The number of amides is 4. The zero-order valence-electron chi connectivity index (χ0n) is 39.7. The van der Waals surface area contributed by atoms with Crippen LogP contribution in [0.4, 0.5) is 43.7 Å². The number of benzene rings is 6. The summed E-state index contributed by atoms with van der Waals surface area (Å²) in [6.07, 6.45) is 3.15. The molecule has 0 saturated heterocycles. The third-order valence-corrected chi connectivity index (χ3v) is 10.7. The molecule has 4 aliphatic rings. The number of hydrogen-bond acceptors (Lipinski definition) is 8. The molecule has 4 amide bonds. The van der Waals surface area contributed by atoms with Crippen LogP contribution in [0.1, 0.15) is 0 Å². The van der Waals surface area contributed by atoms with E-state index in [1.165, 1.54) is 0 Å². The zero-order valence-corrected chi connectivity index (χ0v) is 44.2. The number of urea groups is 2. The molecule has 0 saturated carbocycles. The van der Waals surface area contributed by atoms with Crippen molar-refractivity contribution < 1.29 is 51.7 Å². The normalized spacial score (nSPS) is 15.0. The quantitative estimate of drug-likeness (QED) is 0.0852. The fraction of sp³-hybridized carbons (Fsp3) is 0.148. The first-order chi connectivity index (χ1) is 33.1. The molecule has 0 N–H and O–H groups in total. The third kappa shape index (κ3) is 14.0. The first-order valence-corrected chi connectivity index (χ1v) is 21.9. The van der Waals surface area contributed by atoms with Gasteiger partial charge in [-0.1, -0.05) is 134 Å². The Morgan fingerprint density at radius 3 is 1.13 bits per heavy atom. The van der Waals surface area contributed by atoms with Gasteiger partial charge in [0.2, 0.25) is 0 Å². The molecule has 368 valence electrons. The van der Waals surface area contributed by atoms with Crippen LogP contribution >= 0.6 is 0 Å². The number of likely N-dealkylation sites (N-methyl/N-ethyl adjacent to an activating group) is 2. The molecule has 0 aliphatic carbocycles. The Balaban J connectivity index is 0.000000173. The molecule has 6 aromatic carbocycles. The van der Waals surface area contributed by atoms with E-state index in [0.29, 0.717) is 13.1 Å². The van der Waals surface area contributed by atoms with Crippen molar-refractivity contribution in [2.75, 3.05) is 65.2 Å². The number of para-hydroxylation sites is 6. The SMILES string of the molecule is C(=Nc1ccccc1)[N-]c1ccccc1.C(=Nc1ccccc1)[N-]c1ccccc1.CN1[CH-]N(c2[c-]cccc2)C2=C1N(C)C(=O)N(C)C2.CN1[CH-]N(c2[c-]cccc2)C2=C1N(C)C(=O)N(C)C2.[Pt].[Pt]. The number of rotatable bonds is 8. The topological polar surface area (TPSA) is 113 Å². The summed E-state index contributed by atoms with van der Waals surface area (Å²) in [5.41, 5.74) is 7.80. The molecule has 4 heterocycles. The second kappa shape index (κ2) is 26.6. The van der Waals surface area contributed by atoms with Crippen LogP contribution in [-0.2, 0) is 42.1 Å². The van der Waals surface area contributed by atoms with Crippen molar-refractivity contribution in [3.8, 4) is 0 Å². The largest absolute Gasteiger partial charge is 0.494 e. The van der Waals surface area contributed by atoms with E-state index in [2.05, 4.69) is 42.6 Å². The van der Waals surface area contributed by atoms with Crippen LogP contribution in [-0.4, -0.2) is 110 Å². The Bertz CT molecular complexity index is 2490. The minimum Gasteiger partial charge on any atom is -0.494 e. The monoisotopic (exact) mass is 1290 g/mol. The zero-order chi connectivity index (χ0) is 47.8. The molecule has 0 unspecified atom stereocenters. The number of anilines is 2. The number of hydrogen-bond donors (Lipinski definition) is 0. The predicted octanol–water partition coefficient (Wildman–Crippen LogP) is 11.1. The van der Waals surface area contributed by atoms with Gasteiger partial charge in [-0.3, -0.25) is 9.80 Å². The van der Waals surface area contributed by atoms with Crippen LogP contribution in [0.5, 0.6) is 0 Å². The van der Waals surface area contributed by atoms with Crippen molar-refractivity contribution >= 4 is 58.9 Å². The van der Waals surface area contributed by atoms with Crippen LogP contribution in [0.25, 0.3) is 10.6 Å². The van der Waals surface area contributed by atoms with E-state index >= 15 is 0 Å². The summed E-state index contributed by atoms with van der Waals surface area (Å²) in [6, 6.07) is 61.1. The van der Waals surface area contributed by atoms with Gasteiger partial charge in [-0.2, -0.15) is 74.0 Å². The van der Waals surface area contributed by atoms with Crippen LogP contribution in [0.3, 0.4) is 0 Å². The average Bonchev–Trinajstić information content (AvgIpc) is 3.89. The van der Waals surface area contributed by atoms with Crippen molar-refractivity contribution in [2.45, 2.75) is 0 Å². The van der Waals surface area contributed by atoms with Crippen molar-refractivity contribution in [1.82, 2.24) is 29.4 Å². The van der Waals surface area contributed by atoms with Gasteiger partial charge in [0.25, 0.3) is 0 Å². The summed E-state index contributed by atoms with van der Waals surface area (Å²) >= 11 is 0. The molecule has 4 aliphatic heterocycles. The van der Waals surface area contributed by atoms with Gasteiger partial charge >= 0.3 is 12.1 Å². The second-order valence-corrected chi connectivity index (χ2v) is 15.7. The summed E-state index contributed by atoms with van der Waals surface area (Å²) in [7, 11) is 11.1. The van der Waals surface area contributed by atoms with Gasteiger partial charge in [-0.25, -0.2) is 9.59 Å². The van der Waals surface area contributed by atoms with Crippen LogP contribution in [0.2, 0.25) is 0 Å². The fourth-order valence-electron chi connectivity index (χ4n) is 7.51. The Kier molecular flexibility index (Phi) is 20.4. The Labute approximate surface area is 441 Å². The predicted molar refractivity (Wildman–Crippen MR) is 273 cm³/mol. The first-order valence-electron chi connectivity index (χ1n) is 21.9. The van der Waals surface area contributed by atoms with Gasteiger partial charge < -0.3 is 50.0 Å². The van der Waals surface area contributed by atoms with E-state index in [-0.39, 0.29) is 54.2 Å².